The molecule has 1 aromatic carbocycles. The van der Waals surface area contributed by atoms with E-state index in [0.29, 0.717) is 6.42 Å². The van der Waals surface area contributed by atoms with Crippen LogP contribution in [0.5, 0.6) is 0 Å². The van der Waals surface area contributed by atoms with Crippen LogP contribution in [0.4, 0.5) is 0 Å². The Morgan fingerprint density at radius 1 is 1.08 bits per heavy atom. The quantitative estimate of drug-likeness (QED) is 0.626. The lowest BCUT2D eigenvalue weighted by molar-refractivity contribution is -0.121. The van der Waals surface area contributed by atoms with Gasteiger partial charge in [-0.1, -0.05) is 37.3 Å². The fraction of sp³-hybridized carbons (Fsp3) is 0.611. The maximum absolute atomic E-state index is 11.9. The fourth-order valence-electron chi connectivity index (χ4n) is 2.95. The average molecular weight is 428 g/mol. The zero-order valence-electron chi connectivity index (χ0n) is 15.4. The zero-order valence-corrected chi connectivity index (χ0v) is 17.9. The lowest BCUT2D eigenvalue weighted by atomic mass is 10.0. The van der Waals surface area contributed by atoms with Crippen LogP contribution in [0.1, 0.15) is 31.4 Å². The van der Waals surface area contributed by atoms with Gasteiger partial charge in [-0.05, 0) is 25.1 Å². The second-order valence-corrected chi connectivity index (χ2v) is 6.20. The first kappa shape index (κ1) is 27.7. The summed E-state index contributed by atoms with van der Waals surface area (Å²) < 4.78 is 0. The van der Waals surface area contributed by atoms with E-state index in [1.807, 2.05) is 30.3 Å². The number of rotatable bonds is 8. The molecule has 1 aromatic rings. The largest absolute Gasteiger partial charge is 0.356 e. The van der Waals surface area contributed by atoms with Crippen LogP contribution in [0, 0.1) is 0 Å². The Kier molecular flexibility index (Phi) is 16.5. The van der Waals surface area contributed by atoms with E-state index in [1.54, 1.807) is 0 Å². The number of likely N-dealkylation sites (N-methyl/N-ethyl adjacent to an activating group) is 1. The smallest absolute Gasteiger partial charge is 0.221 e. The van der Waals surface area contributed by atoms with Gasteiger partial charge in [-0.25, -0.2) is 0 Å². The summed E-state index contributed by atoms with van der Waals surface area (Å²) in [6.07, 6.45) is 1.34. The number of hydrogen-bond acceptors (Lipinski definition) is 4. The predicted octanol–water partition coefficient (Wildman–Crippen LogP) is 2.49. The van der Waals surface area contributed by atoms with Crippen LogP contribution in [0.2, 0.25) is 0 Å². The summed E-state index contributed by atoms with van der Waals surface area (Å²) in [6, 6.07) is 9.56. The lowest BCUT2D eigenvalue weighted by Gasteiger charge is -2.33. The average Bonchev–Trinajstić information content (AvgIpc) is 2.60. The molecule has 1 unspecified atom stereocenters. The number of benzene rings is 1. The van der Waals surface area contributed by atoms with Gasteiger partial charge in [0.2, 0.25) is 5.91 Å². The van der Waals surface area contributed by atoms with Crippen molar-refractivity contribution in [2.24, 2.45) is 5.73 Å². The Labute approximate surface area is 176 Å². The number of nitrogens with zero attached hydrogens (tertiary/aromatic N) is 2. The van der Waals surface area contributed by atoms with E-state index in [0.717, 1.165) is 57.8 Å². The summed E-state index contributed by atoms with van der Waals surface area (Å²) >= 11 is 0. The third-order valence-electron chi connectivity index (χ3n) is 4.52. The highest BCUT2D eigenvalue weighted by Gasteiger charge is 2.15. The van der Waals surface area contributed by atoms with Crippen LogP contribution < -0.4 is 11.1 Å². The number of piperazine rings is 1. The fourth-order valence-corrected chi connectivity index (χ4v) is 2.95. The second-order valence-electron chi connectivity index (χ2n) is 6.20. The lowest BCUT2D eigenvalue weighted by Crippen LogP contribution is -2.46. The maximum Gasteiger partial charge on any atom is 0.221 e. The van der Waals surface area contributed by atoms with Gasteiger partial charge < -0.3 is 20.9 Å². The van der Waals surface area contributed by atoms with E-state index in [9.17, 15) is 4.79 Å². The molecule has 5 nitrogen and oxygen atoms in total. The molecule has 0 aliphatic carbocycles. The van der Waals surface area contributed by atoms with Crippen molar-refractivity contribution in [2.75, 3.05) is 45.8 Å². The minimum absolute atomic E-state index is 0. The predicted molar refractivity (Wildman–Crippen MR) is 116 cm³/mol. The summed E-state index contributed by atoms with van der Waals surface area (Å²) in [6.45, 7) is 9.75. The molecule has 1 aliphatic rings. The molecule has 1 saturated heterocycles. The van der Waals surface area contributed by atoms with Gasteiger partial charge in [-0.3, -0.25) is 4.79 Å². The van der Waals surface area contributed by atoms with Crippen LogP contribution in [0.25, 0.3) is 0 Å². The van der Waals surface area contributed by atoms with Crippen molar-refractivity contribution >= 4 is 43.1 Å². The molecule has 0 spiro atoms. The van der Waals surface area contributed by atoms with Gasteiger partial charge in [0.05, 0.1) is 0 Å². The highest BCUT2D eigenvalue weighted by atomic mass is 35.5. The molecular weight excluding hydrogens is 395 g/mol. The molecule has 1 atom stereocenters. The van der Waals surface area contributed by atoms with Crippen LogP contribution in [-0.4, -0.2) is 61.5 Å². The van der Waals surface area contributed by atoms with Crippen molar-refractivity contribution in [3.05, 3.63) is 35.9 Å². The summed E-state index contributed by atoms with van der Waals surface area (Å²) in [5.74, 6) is 0.0390. The van der Waals surface area contributed by atoms with Gasteiger partial charge in [0.15, 0.2) is 0 Å². The van der Waals surface area contributed by atoms with Crippen molar-refractivity contribution in [1.82, 2.24) is 15.1 Å². The summed E-state index contributed by atoms with van der Waals surface area (Å²) in [5, 5.41) is 2.99. The van der Waals surface area contributed by atoms with Crippen molar-refractivity contribution < 1.29 is 4.79 Å². The topological polar surface area (TPSA) is 61.6 Å². The van der Waals surface area contributed by atoms with Crippen LogP contribution >= 0.6 is 37.2 Å². The molecule has 1 amide bonds. The number of nitrogens with one attached hydrogen (secondary N) is 1. The van der Waals surface area contributed by atoms with E-state index in [1.165, 1.54) is 0 Å². The number of amides is 1. The number of nitrogens with two attached hydrogens (primary N) is 1. The summed E-state index contributed by atoms with van der Waals surface area (Å²) in [7, 11) is 0. The Balaban J connectivity index is 0. The first-order valence-corrected chi connectivity index (χ1v) is 8.71. The second kappa shape index (κ2) is 15.5. The van der Waals surface area contributed by atoms with Crippen molar-refractivity contribution in [2.45, 2.75) is 25.8 Å². The van der Waals surface area contributed by atoms with Gasteiger partial charge in [-0.15, -0.1) is 37.2 Å². The highest BCUT2D eigenvalue weighted by Crippen LogP contribution is 2.12. The molecule has 0 bridgehead atoms. The Morgan fingerprint density at radius 2 is 1.65 bits per heavy atom. The minimum atomic E-state index is -0.224. The standard InChI is InChI=1S/C18H30N4O.3ClH/c1-2-21-11-13-22(14-12-21)10-6-9-20-18(23)15-17(19)16-7-4-3-5-8-16;;;/h3-5,7-8,17H,2,6,9-15,19H2,1H3,(H,20,23);3*1H. The minimum Gasteiger partial charge on any atom is -0.356 e. The van der Waals surface area contributed by atoms with E-state index in [4.69, 9.17) is 5.73 Å². The molecule has 1 fully saturated rings. The van der Waals surface area contributed by atoms with Crippen LogP contribution in [0.15, 0.2) is 30.3 Å². The molecular formula is C18H33Cl3N4O. The molecule has 152 valence electrons. The van der Waals surface area contributed by atoms with Gasteiger partial charge in [0.1, 0.15) is 0 Å². The molecule has 2 rings (SSSR count). The van der Waals surface area contributed by atoms with E-state index < -0.39 is 0 Å². The van der Waals surface area contributed by atoms with Gasteiger partial charge in [0, 0.05) is 45.2 Å². The SMILES string of the molecule is CCN1CCN(CCCNC(=O)CC(N)c2ccccc2)CC1.Cl.Cl.Cl. The zero-order chi connectivity index (χ0) is 16.5. The van der Waals surface area contributed by atoms with Crippen LogP contribution in [0.3, 0.4) is 0 Å². The number of halogens is 3. The van der Waals surface area contributed by atoms with Crippen LogP contribution in [-0.2, 0) is 4.79 Å². The van der Waals surface area contributed by atoms with E-state index in [2.05, 4.69) is 22.0 Å². The normalized spacial score (nSPS) is 15.8. The molecule has 0 saturated carbocycles. The molecule has 0 radical (unpaired) electrons. The number of hydrogen-bond donors (Lipinski definition) is 2. The Bertz CT molecular complexity index is 471. The third kappa shape index (κ3) is 9.95. The molecule has 8 heteroatoms. The van der Waals surface area contributed by atoms with E-state index >= 15 is 0 Å². The first-order chi connectivity index (χ1) is 11.2. The van der Waals surface area contributed by atoms with Crippen molar-refractivity contribution in [1.29, 1.82) is 0 Å². The highest BCUT2D eigenvalue weighted by molar-refractivity contribution is 5.86. The summed E-state index contributed by atoms with van der Waals surface area (Å²) in [5.41, 5.74) is 7.08. The number of carbonyl (C=O) groups excluding carboxylic acids is 1. The third-order valence-corrected chi connectivity index (χ3v) is 4.52. The van der Waals surface area contributed by atoms with Gasteiger partial charge >= 0.3 is 0 Å². The Morgan fingerprint density at radius 3 is 2.23 bits per heavy atom. The van der Waals surface area contributed by atoms with E-state index in [-0.39, 0.29) is 49.2 Å². The van der Waals surface area contributed by atoms with Gasteiger partial charge in [0.25, 0.3) is 0 Å². The summed E-state index contributed by atoms with van der Waals surface area (Å²) in [4.78, 5) is 16.9. The molecule has 1 aliphatic heterocycles. The maximum atomic E-state index is 11.9. The molecule has 26 heavy (non-hydrogen) atoms. The molecule has 0 aromatic heterocycles. The molecule has 1 heterocycles. The Hall–Kier alpha value is -0.560. The molecule has 3 N–H and O–H groups in total. The first-order valence-electron chi connectivity index (χ1n) is 8.71. The van der Waals surface area contributed by atoms with Crippen molar-refractivity contribution in [3.8, 4) is 0 Å². The monoisotopic (exact) mass is 426 g/mol. The number of carbonyl (C=O) groups is 1. The van der Waals surface area contributed by atoms with Gasteiger partial charge in [-0.2, -0.15) is 0 Å². The van der Waals surface area contributed by atoms with Crippen molar-refractivity contribution in [3.63, 3.8) is 0 Å².